The molecule has 0 bridgehead atoms. The molecular weight excluding hydrogens is 507 g/mol. The van der Waals surface area contributed by atoms with Crippen LogP contribution in [0.5, 0.6) is 5.75 Å². The lowest BCUT2D eigenvalue weighted by Gasteiger charge is -2.21. The molecule has 2 aliphatic rings. The van der Waals surface area contributed by atoms with Crippen LogP contribution in [-0.2, 0) is 9.47 Å². The molecule has 2 unspecified atom stereocenters. The van der Waals surface area contributed by atoms with Crippen LogP contribution in [-0.4, -0.2) is 71.7 Å². The van der Waals surface area contributed by atoms with Crippen LogP contribution in [0.4, 0.5) is 5.69 Å². The number of aliphatic imine (C=N–C) groups is 1. The number of guanidine groups is 1. The first-order valence-electron chi connectivity index (χ1n) is 11.4. The summed E-state index contributed by atoms with van der Waals surface area (Å²) in [5, 5.41) is 6.78. The number of halogens is 1. The molecule has 1 aromatic carbocycles. The van der Waals surface area contributed by atoms with Gasteiger partial charge in [-0.2, -0.15) is 0 Å². The highest BCUT2D eigenvalue weighted by Gasteiger charge is 2.24. The molecule has 2 fully saturated rings. The Morgan fingerprint density at radius 3 is 2.90 bits per heavy atom. The fraction of sp³-hybridized carbons (Fsp3) is 0.696. The van der Waals surface area contributed by atoms with Crippen molar-refractivity contribution in [2.45, 2.75) is 38.7 Å². The van der Waals surface area contributed by atoms with Crippen molar-refractivity contribution in [1.29, 1.82) is 0 Å². The summed E-state index contributed by atoms with van der Waals surface area (Å²) in [6, 6.07) is 8.25. The maximum Gasteiger partial charge on any atom is 0.191 e. The van der Waals surface area contributed by atoms with E-state index in [1.54, 1.807) is 7.11 Å². The molecule has 0 saturated carbocycles. The van der Waals surface area contributed by atoms with Crippen molar-refractivity contribution in [3.8, 4) is 5.75 Å². The normalized spacial score (nSPS) is 21.1. The van der Waals surface area contributed by atoms with Crippen molar-refractivity contribution in [1.82, 2.24) is 10.6 Å². The first-order valence-corrected chi connectivity index (χ1v) is 11.4. The topological polar surface area (TPSA) is 67.4 Å². The van der Waals surface area contributed by atoms with Crippen LogP contribution in [0.1, 0.15) is 32.6 Å². The van der Waals surface area contributed by atoms with Gasteiger partial charge in [0.1, 0.15) is 5.75 Å². The van der Waals surface area contributed by atoms with Gasteiger partial charge in [0, 0.05) is 45.9 Å². The molecule has 3 rings (SSSR count). The number of hydrogen-bond acceptors (Lipinski definition) is 5. The number of rotatable bonds is 11. The van der Waals surface area contributed by atoms with E-state index in [9.17, 15) is 0 Å². The second-order valence-electron chi connectivity index (χ2n) is 7.98. The highest BCUT2D eigenvalue weighted by Crippen LogP contribution is 2.31. The van der Waals surface area contributed by atoms with E-state index in [-0.39, 0.29) is 24.0 Å². The highest BCUT2D eigenvalue weighted by molar-refractivity contribution is 14.0. The Morgan fingerprint density at radius 2 is 2.13 bits per heavy atom. The predicted octanol–water partition coefficient (Wildman–Crippen LogP) is 3.28. The number of benzene rings is 1. The average Bonchev–Trinajstić information content (AvgIpc) is 3.46. The van der Waals surface area contributed by atoms with Gasteiger partial charge < -0.3 is 29.7 Å². The minimum absolute atomic E-state index is 0. The largest absolute Gasteiger partial charge is 0.495 e. The van der Waals surface area contributed by atoms with Crippen molar-refractivity contribution in [2.75, 3.05) is 64.6 Å². The minimum atomic E-state index is 0. The van der Waals surface area contributed by atoms with Crippen LogP contribution >= 0.6 is 24.0 Å². The first kappa shape index (κ1) is 26.0. The Hall–Kier alpha value is -1.26. The van der Waals surface area contributed by atoms with Gasteiger partial charge in [-0.1, -0.05) is 12.1 Å². The molecule has 0 aromatic heterocycles. The maximum atomic E-state index is 5.73. The van der Waals surface area contributed by atoms with Gasteiger partial charge in [-0.25, -0.2) is 0 Å². The quantitative estimate of drug-likeness (QED) is 0.192. The Morgan fingerprint density at radius 1 is 1.26 bits per heavy atom. The van der Waals surface area contributed by atoms with E-state index in [2.05, 4.69) is 34.6 Å². The number of hydrogen-bond donors (Lipinski definition) is 2. The summed E-state index contributed by atoms with van der Waals surface area (Å²) in [5.41, 5.74) is 1.18. The maximum absolute atomic E-state index is 5.73. The van der Waals surface area contributed by atoms with E-state index in [0.29, 0.717) is 12.0 Å². The second kappa shape index (κ2) is 14.7. The molecule has 7 nitrogen and oxygen atoms in total. The van der Waals surface area contributed by atoms with Gasteiger partial charge in [0.15, 0.2) is 5.96 Å². The smallest absolute Gasteiger partial charge is 0.191 e. The van der Waals surface area contributed by atoms with Gasteiger partial charge in [0.05, 0.1) is 25.5 Å². The molecule has 0 spiro atoms. The monoisotopic (exact) mass is 546 g/mol. The highest BCUT2D eigenvalue weighted by atomic mass is 127. The summed E-state index contributed by atoms with van der Waals surface area (Å²) in [4.78, 5) is 7.23. The van der Waals surface area contributed by atoms with E-state index in [4.69, 9.17) is 19.2 Å². The van der Waals surface area contributed by atoms with E-state index >= 15 is 0 Å². The lowest BCUT2D eigenvalue weighted by molar-refractivity contribution is 0.0168. The molecule has 2 saturated heterocycles. The summed E-state index contributed by atoms with van der Waals surface area (Å²) in [5.74, 6) is 2.39. The van der Waals surface area contributed by atoms with Crippen LogP contribution in [0.3, 0.4) is 0 Å². The summed E-state index contributed by atoms with van der Waals surface area (Å²) >= 11 is 0. The Balaban J connectivity index is 0.00000341. The molecule has 0 amide bonds. The first-order chi connectivity index (χ1) is 14.8. The fourth-order valence-corrected chi connectivity index (χ4v) is 4.03. The number of methoxy groups -OCH3 is 1. The van der Waals surface area contributed by atoms with Gasteiger partial charge >= 0.3 is 0 Å². The third kappa shape index (κ3) is 8.65. The molecule has 0 radical (unpaired) electrons. The summed E-state index contributed by atoms with van der Waals surface area (Å²) < 4.78 is 16.8. The molecule has 8 heteroatoms. The van der Waals surface area contributed by atoms with Gasteiger partial charge in [-0.15, -0.1) is 24.0 Å². The third-order valence-corrected chi connectivity index (χ3v) is 5.65. The Bertz CT molecular complexity index is 655. The lowest BCUT2D eigenvalue weighted by Crippen LogP contribution is -2.38. The third-order valence-electron chi connectivity index (χ3n) is 5.65. The lowest BCUT2D eigenvalue weighted by atomic mass is 10.1. The zero-order chi connectivity index (χ0) is 21.0. The fourth-order valence-electron chi connectivity index (χ4n) is 4.03. The number of para-hydroxylation sites is 2. The van der Waals surface area contributed by atoms with Crippen molar-refractivity contribution in [2.24, 2.45) is 10.9 Å². The average molecular weight is 546 g/mol. The zero-order valence-electron chi connectivity index (χ0n) is 19.0. The number of nitrogens with one attached hydrogen (secondary N) is 2. The molecule has 2 heterocycles. The van der Waals surface area contributed by atoms with Crippen LogP contribution in [0.2, 0.25) is 0 Å². The minimum Gasteiger partial charge on any atom is -0.495 e. The molecular formula is C23H39IN4O3. The Kier molecular flexibility index (Phi) is 12.4. The van der Waals surface area contributed by atoms with E-state index in [1.165, 1.54) is 5.69 Å². The number of ether oxygens (including phenoxy) is 3. The van der Waals surface area contributed by atoms with Crippen LogP contribution in [0.15, 0.2) is 29.3 Å². The summed E-state index contributed by atoms with van der Waals surface area (Å²) in [6.45, 7) is 9.07. The molecule has 2 N–H and O–H groups in total. The van der Waals surface area contributed by atoms with Gasteiger partial charge in [0.2, 0.25) is 0 Å². The van der Waals surface area contributed by atoms with Crippen molar-refractivity contribution < 1.29 is 14.2 Å². The molecule has 176 valence electrons. The van der Waals surface area contributed by atoms with Crippen molar-refractivity contribution >= 4 is 35.6 Å². The van der Waals surface area contributed by atoms with Crippen molar-refractivity contribution in [3.63, 3.8) is 0 Å². The molecule has 2 atom stereocenters. The standard InChI is InChI=1S/C23H38N4O3.HI/c1-3-24-23(25-12-7-14-29-18-20-8-6-15-30-20)26-16-19-11-13-27(17-19)21-9-4-5-10-22(21)28-2;/h4-5,9-10,19-20H,3,6-8,11-18H2,1-2H3,(H2,24,25,26);1H. The SMILES string of the molecule is CCNC(=NCC1CCN(c2ccccc2OC)C1)NCCCOCC1CCCO1.I. The number of anilines is 1. The van der Waals surface area contributed by atoms with Gasteiger partial charge in [0.25, 0.3) is 0 Å². The number of nitrogens with zero attached hydrogens (tertiary/aromatic N) is 2. The molecule has 2 aliphatic heterocycles. The van der Waals surface area contributed by atoms with E-state index in [0.717, 1.165) is 89.9 Å². The van der Waals surface area contributed by atoms with E-state index in [1.807, 2.05) is 12.1 Å². The van der Waals surface area contributed by atoms with Crippen LogP contribution in [0.25, 0.3) is 0 Å². The Labute approximate surface area is 204 Å². The summed E-state index contributed by atoms with van der Waals surface area (Å²) in [7, 11) is 1.73. The molecule has 31 heavy (non-hydrogen) atoms. The van der Waals surface area contributed by atoms with E-state index < -0.39 is 0 Å². The molecule has 0 aliphatic carbocycles. The van der Waals surface area contributed by atoms with Gasteiger partial charge in [-0.3, -0.25) is 4.99 Å². The predicted molar refractivity (Wildman–Crippen MR) is 137 cm³/mol. The van der Waals surface area contributed by atoms with Crippen molar-refractivity contribution in [3.05, 3.63) is 24.3 Å². The molecule has 1 aromatic rings. The summed E-state index contributed by atoms with van der Waals surface area (Å²) in [6.07, 6.45) is 4.71. The second-order valence-corrected chi connectivity index (χ2v) is 7.98. The zero-order valence-corrected chi connectivity index (χ0v) is 21.3. The van der Waals surface area contributed by atoms with Gasteiger partial charge in [-0.05, 0) is 50.7 Å². The van der Waals surface area contributed by atoms with Crippen LogP contribution < -0.4 is 20.3 Å². The van der Waals surface area contributed by atoms with Crippen LogP contribution in [0, 0.1) is 5.92 Å².